The zero-order valence-electron chi connectivity index (χ0n) is 12.0. The van der Waals surface area contributed by atoms with Crippen LogP contribution in [0.15, 0.2) is 22.9 Å². The molecule has 1 aromatic heterocycles. The molecular formula is C13H19NO4S2. The van der Waals surface area contributed by atoms with Gasteiger partial charge in [-0.25, -0.2) is 13.2 Å². The maximum Gasteiger partial charge on any atom is 0.349 e. The molecule has 0 bridgehead atoms. The standard InChI is InChI=1S/C13H19NO4S2/c1-6-7-14(9(2)3)20(16,17)12-10(4)8-19-11(12)13(15)18-5/h6,8-9H,1,7H2,2-5H3. The zero-order valence-corrected chi connectivity index (χ0v) is 13.7. The minimum atomic E-state index is -3.76. The third kappa shape index (κ3) is 3.11. The van der Waals surface area contributed by atoms with Crippen LogP contribution in [0.3, 0.4) is 0 Å². The molecule has 1 heterocycles. The minimum Gasteiger partial charge on any atom is -0.465 e. The van der Waals surface area contributed by atoms with E-state index in [-0.39, 0.29) is 22.4 Å². The van der Waals surface area contributed by atoms with Gasteiger partial charge < -0.3 is 4.74 Å². The Morgan fingerprint density at radius 2 is 2.15 bits per heavy atom. The lowest BCUT2D eigenvalue weighted by molar-refractivity contribution is 0.0602. The predicted molar refractivity (Wildman–Crippen MR) is 79.6 cm³/mol. The predicted octanol–water partition coefficient (Wildman–Crippen LogP) is 2.43. The van der Waals surface area contributed by atoms with Crippen molar-refractivity contribution >= 4 is 27.3 Å². The van der Waals surface area contributed by atoms with Crippen molar-refractivity contribution in [1.82, 2.24) is 4.31 Å². The molecule has 112 valence electrons. The molecule has 5 nitrogen and oxygen atoms in total. The van der Waals surface area contributed by atoms with Crippen LogP contribution in [-0.2, 0) is 14.8 Å². The number of rotatable bonds is 6. The lowest BCUT2D eigenvalue weighted by atomic mass is 10.3. The third-order valence-electron chi connectivity index (χ3n) is 2.74. The Kier molecular flexibility index (Phi) is 5.50. The second kappa shape index (κ2) is 6.51. The average Bonchev–Trinajstić information content (AvgIpc) is 2.76. The van der Waals surface area contributed by atoms with Crippen molar-refractivity contribution in [2.75, 3.05) is 13.7 Å². The molecule has 0 unspecified atom stereocenters. The molecule has 0 aliphatic heterocycles. The summed E-state index contributed by atoms with van der Waals surface area (Å²) in [4.78, 5) is 11.9. The van der Waals surface area contributed by atoms with Crippen LogP contribution in [0.2, 0.25) is 0 Å². The van der Waals surface area contributed by atoms with Crippen LogP contribution in [0, 0.1) is 6.92 Å². The first kappa shape index (κ1) is 16.9. The molecular weight excluding hydrogens is 298 g/mol. The van der Waals surface area contributed by atoms with E-state index in [1.165, 1.54) is 17.5 Å². The summed E-state index contributed by atoms with van der Waals surface area (Å²) in [5.74, 6) is -0.635. The highest BCUT2D eigenvalue weighted by Crippen LogP contribution is 2.30. The first-order chi connectivity index (χ1) is 9.27. The summed E-state index contributed by atoms with van der Waals surface area (Å²) in [6.07, 6.45) is 1.52. The molecule has 0 aliphatic rings. The second-order valence-electron chi connectivity index (χ2n) is 4.53. The quantitative estimate of drug-likeness (QED) is 0.597. The molecule has 0 N–H and O–H groups in total. The molecule has 20 heavy (non-hydrogen) atoms. The van der Waals surface area contributed by atoms with Gasteiger partial charge in [0.05, 0.1) is 7.11 Å². The molecule has 1 aromatic rings. The number of carbonyl (C=O) groups excluding carboxylic acids is 1. The average molecular weight is 317 g/mol. The number of ether oxygens (including phenoxy) is 1. The number of sulfonamides is 1. The first-order valence-electron chi connectivity index (χ1n) is 6.06. The molecule has 0 radical (unpaired) electrons. The lowest BCUT2D eigenvalue weighted by Gasteiger charge is -2.25. The maximum absolute atomic E-state index is 12.8. The van der Waals surface area contributed by atoms with E-state index in [0.717, 1.165) is 11.3 Å². The highest BCUT2D eigenvalue weighted by atomic mass is 32.2. The maximum atomic E-state index is 12.8. The van der Waals surface area contributed by atoms with E-state index in [1.807, 2.05) is 0 Å². The Morgan fingerprint density at radius 1 is 1.55 bits per heavy atom. The Labute approximate surface area is 123 Å². The number of methoxy groups -OCH3 is 1. The molecule has 0 fully saturated rings. The molecule has 7 heteroatoms. The molecule has 0 aliphatic carbocycles. The Balaban J connectivity index is 3.45. The largest absolute Gasteiger partial charge is 0.465 e. The van der Waals surface area contributed by atoms with Gasteiger partial charge in [-0.2, -0.15) is 4.31 Å². The van der Waals surface area contributed by atoms with E-state index < -0.39 is 16.0 Å². The van der Waals surface area contributed by atoms with Crippen molar-refractivity contribution in [3.63, 3.8) is 0 Å². The number of nitrogens with zero attached hydrogens (tertiary/aromatic N) is 1. The summed E-state index contributed by atoms with van der Waals surface area (Å²) in [5, 5.41) is 1.64. The Morgan fingerprint density at radius 3 is 2.60 bits per heavy atom. The van der Waals surface area contributed by atoms with Gasteiger partial charge in [-0.1, -0.05) is 6.08 Å². The van der Waals surface area contributed by atoms with E-state index in [2.05, 4.69) is 11.3 Å². The summed E-state index contributed by atoms with van der Waals surface area (Å²) in [5.41, 5.74) is 0.546. The van der Waals surface area contributed by atoms with Crippen LogP contribution in [0.1, 0.15) is 29.1 Å². The fourth-order valence-electron chi connectivity index (χ4n) is 1.82. The Hall–Kier alpha value is -1.18. The van der Waals surface area contributed by atoms with Gasteiger partial charge in [0.25, 0.3) is 0 Å². The van der Waals surface area contributed by atoms with E-state index in [4.69, 9.17) is 0 Å². The number of hydrogen-bond acceptors (Lipinski definition) is 5. The molecule has 1 rings (SSSR count). The van der Waals surface area contributed by atoms with Crippen molar-refractivity contribution in [3.8, 4) is 0 Å². The Bertz CT molecular complexity index is 602. The number of esters is 1. The number of carbonyl (C=O) groups is 1. The van der Waals surface area contributed by atoms with Crippen molar-refractivity contribution in [3.05, 3.63) is 28.5 Å². The number of hydrogen-bond donors (Lipinski definition) is 0. The fraction of sp³-hybridized carbons (Fsp3) is 0.462. The summed E-state index contributed by atoms with van der Waals surface area (Å²) in [6, 6.07) is -0.234. The molecule has 0 amide bonds. The van der Waals surface area contributed by atoms with Gasteiger partial charge in [-0.05, 0) is 31.7 Å². The third-order valence-corrected chi connectivity index (χ3v) is 6.18. The van der Waals surface area contributed by atoms with E-state index in [0.29, 0.717) is 5.56 Å². The van der Waals surface area contributed by atoms with Crippen LogP contribution in [-0.4, -0.2) is 38.4 Å². The summed E-state index contributed by atoms with van der Waals surface area (Å²) < 4.78 is 31.5. The van der Waals surface area contributed by atoms with Crippen LogP contribution in [0.5, 0.6) is 0 Å². The van der Waals surface area contributed by atoms with Crippen molar-refractivity contribution in [2.24, 2.45) is 0 Å². The van der Waals surface area contributed by atoms with Crippen molar-refractivity contribution < 1.29 is 17.9 Å². The van der Waals surface area contributed by atoms with Crippen LogP contribution >= 0.6 is 11.3 Å². The van der Waals surface area contributed by atoms with E-state index in [9.17, 15) is 13.2 Å². The molecule has 0 spiro atoms. The van der Waals surface area contributed by atoms with Gasteiger partial charge in [0.2, 0.25) is 10.0 Å². The lowest BCUT2D eigenvalue weighted by Crippen LogP contribution is -2.37. The van der Waals surface area contributed by atoms with Gasteiger partial charge in [0.15, 0.2) is 0 Å². The van der Waals surface area contributed by atoms with Crippen LogP contribution in [0.4, 0.5) is 0 Å². The summed E-state index contributed by atoms with van der Waals surface area (Å²) >= 11 is 1.08. The van der Waals surface area contributed by atoms with Crippen molar-refractivity contribution in [2.45, 2.75) is 31.7 Å². The monoisotopic (exact) mass is 317 g/mol. The van der Waals surface area contributed by atoms with Gasteiger partial charge in [0, 0.05) is 12.6 Å². The van der Waals surface area contributed by atoms with Gasteiger partial charge in [0.1, 0.15) is 9.77 Å². The molecule has 0 aromatic carbocycles. The zero-order chi connectivity index (χ0) is 15.5. The highest BCUT2D eigenvalue weighted by molar-refractivity contribution is 7.89. The smallest absolute Gasteiger partial charge is 0.349 e. The van der Waals surface area contributed by atoms with Crippen LogP contribution in [0.25, 0.3) is 0 Å². The number of aryl methyl sites for hydroxylation is 1. The van der Waals surface area contributed by atoms with E-state index in [1.54, 1.807) is 26.2 Å². The second-order valence-corrected chi connectivity index (χ2v) is 7.23. The highest BCUT2D eigenvalue weighted by Gasteiger charge is 2.33. The normalized spacial score (nSPS) is 11.9. The molecule has 0 saturated heterocycles. The van der Waals surface area contributed by atoms with Gasteiger partial charge >= 0.3 is 5.97 Å². The topological polar surface area (TPSA) is 63.7 Å². The SMILES string of the molecule is C=CCN(C(C)C)S(=O)(=O)c1c(C)csc1C(=O)OC. The minimum absolute atomic E-state index is 0.0323. The first-order valence-corrected chi connectivity index (χ1v) is 8.38. The summed E-state index contributed by atoms with van der Waals surface area (Å²) in [6.45, 7) is 8.99. The number of thiophene rings is 1. The summed E-state index contributed by atoms with van der Waals surface area (Å²) in [7, 11) is -2.53. The van der Waals surface area contributed by atoms with Crippen LogP contribution < -0.4 is 0 Å². The van der Waals surface area contributed by atoms with Gasteiger partial charge in [-0.3, -0.25) is 0 Å². The van der Waals surface area contributed by atoms with Gasteiger partial charge in [-0.15, -0.1) is 17.9 Å². The molecule has 0 saturated carbocycles. The van der Waals surface area contributed by atoms with E-state index >= 15 is 0 Å². The van der Waals surface area contributed by atoms with Crippen molar-refractivity contribution in [1.29, 1.82) is 0 Å². The fourth-order valence-corrected chi connectivity index (χ4v) is 5.09. The molecule has 0 atom stereocenters.